The second-order valence-corrected chi connectivity index (χ2v) is 8.92. The lowest BCUT2D eigenvalue weighted by molar-refractivity contribution is 0.0160. The van der Waals surface area contributed by atoms with Gasteiger partial charge in [0.2, 0.25) is 0 Å². The molecule has 2 aliphatic rings. The van der Waals surface area contributed by atoms with Gasteiger partial charge in [-0.15, -0.1) is 11.3 Å². The molecule has 0 bridgehead atoms. The number of amides is 1. The molecule has 0 radical (unpaired) electrons. The number of pyridine rings is 1. The summed E-state index contributed by atoms with van der Waals surface area (Å²) in [5.74, 6) is 0.0576. The maximum atomic E-state index is 13.1. The number of aromatic nitrogens is 3. The molecule has 3 aromatic heterocycles. The topological polar surface area (TPSA) is 75.0 Å². The molecule has 8 nitrogen and oxygen atoms in total. The summed E-state index contributed by atoms with van der Waals surface area (Å²) >= 11 is 1.56. The number of nitrogens with zero attached hydrogens (tertiary/aromatic N) is 5. The second-order valence-electron chi connectivity index (χ2n) is 8.04. The van der Waals surface area contributed by atoms with Crippen molar-refractivity contribution in [2.24, 2.45) is 0 Å². The van der Waals surface area contributed by atoms with Gasteiger partial charge in [0, 0.05) is 69.3 Å². The molecule has 1 amide bonds. The van der Waals surface area contributed by atoms with Crippen molar-refractivity contribution in [1.82, 2.24) is 29.5 Å². The lowest BCUT2D eigenvalue weighted by Crippen LogP contribution is -2.43. The van der Waals surface area contributed by atoms with Crippen molar-refractivity contribution in [3.8, 4) is 0 Å². The summed E-state index contributed by atoms with van der Waals surface area (Å²) in [7, 11) is 0. The number of ether oxygens (including phenoxy) is 1. The number of rotatable bonds is 7. The Morgan fingerprint density at radius 3 is 2.84 bits per heavy atom. The average molecular weight is 441 g/mol. The number of likely N-dealkylation sites (tertiary alicyclic amines) is 1. The zero-order valence-electron chi connectivity index (χ0n) is 17.6. The fourth-order valence-electron chi connectivity index (χ4n) is 4.49. The van der Waals surface area contributed by atoms with E-state index in [-0.39, 0.29) is 11.9 Å². The monoisotopic (exact) mass is 440 g/mol. The summed E-state index contributed by atoms with van der Waals surface area (Å²) in [5, 5.41) is 5.63. The Kier molecular flexibility index (Phi) is 6.26. The predicted octanol–water partition coefficient (Wildman–Crippen LogP) is 2.19. The van der Waals surface area contributed by atoms with Crippen LogP contribution in [-0.2, 0) is 11.3 Å². The average Bonchev–Trinajstić information content (AvgIpc) is 3.56. The van der Waals surface area contributed by atoms with Crippen LogP contribution in [0.15, 0.2) is 36.1 Å². The molecule has 5 rings (SSSR count). The summed E-state index contributed by atoms with van der Waals surface area (Å²) < 4.78 is 7.60. The van der Waals surface area contributed by atoms with Gasteiger partial charge < -0.3 is 15.0 Å². The molecule has 1 N–H and O–H groups in total. The highest BCUT2D eigenvalue weighted by molar-refractivity contribution is 7.15. The third kappa shape index (κ3) is 4.36. The molecular weight excluding hydrogens is 412 g/mol. The molecule has 0 saturated carbocycles. The quantitative estimate of drug-likeness (QED) is 0.607. The van der Waals surface area contributed by atoms with Gasteiger partial charge in [-0.05, 0) is 24.5 Å². The smallest absolute Gasteiger partial charge is 0.274 e. The Morgan fingerprint density at radius 1 is 1.23 bits per heavy atom. The van der Waals surface area contributed by atoms with Crippen molar-refractivity contribution >= 4 is 22.2 Å². The first-order valence-corrected chi connectivity index (χ1v) is 11.9. The first-order valence-electron chi connectivity index (χ1n) is 11.0. The normalized spacial score (nSPS) is 18.6. The summed E-state index contributed by atoms with van der Waals surface area (Å²) in [4.78, 5) is 27.3. The standard InChI is InChI=1S/C22H28N6O2S/c29-21(27-6-1-2-7-27)20-19(28-10-13-31-22(28)25-20)16-24-15-18(17-4-3-5-23-14-17)26-8-11-30-12-9-26/h3-5,10,13-14,18,24H,1-2,6-9,11-12,15-16H2/t18-/m1/s1. The van der Waals surface area contributed by atoms with Crippen LogP contribution in [0.3, 0.4) is 0 Å². The van der Waals surface area contributed by atoms with Gasteiger partial charge in [-0.25, -0.2) is 4.98 Å². The SMILES string of the molecule is O=C(c1nc2sccn2c1CNC[C@H](c1cccnc1)N1CCOCC1)N1CCCC1. The van der Waals surface area contributed by atoms with Gasteiger partial charge in [-0.2, -0.15) is 0 Å². The number of fused-ring (bicyclic) bond motifs is 1. The van der Waals surface area contributed by atoms with Crippen LogP contribution in [0.1, 0.15) is 40.6 Å². The molecule has 5 heterocycles. The molecule has 3 aromatic rings. The summed E-state index contributed by atoms with van der Waals surface area (Å²) in [6.45, 7) is 6.33. The minimum Gasteiger partial charge on any atom is -0.379 e. The highest BCUT2D eigenvalue weighted by Crippen LogP contribution is 2.23. The zero-order chi connectivity index (χ0) is 21.0. The molecule has 2 saturated heterocycles. The summed E-state index contributed by atoms with van der Waals surface area (Å²) in [6, 6.07) is 4.33. The Balaban J connectivity index is 1.34. The van der Waals surface area contributed by atoms with Crippen LogP contribution in [0.25, 0.3) is 4.96 Å². The van der Waals surface area contributed by atoms with E-state index in [1.54, 1.807) is 11.3 Å². The van der Waals surface area contributed by atoms with Crippen molar-refractivity contribution in [1.29, 1.82) is 0 Å². The highest BCUT2D eigenvalue weighted by atomic mass is 32.1. The Labute approximate surface area is 185 Å². The number of morpholine rings is 1. The van der Waals surface area contributed by atoms with Crippen LogP contribution < -0.4 is 5.32 Å². The molecule has 31 heavy (non-hydrogen) atoms. The number of hydrogen-bond acceptors (Lipinski definition) is 7. The van der Waals surface area contributed by atoms with E-state index in [0.717, 1.165) is 69.4 Å². The third-order valence-corrected chi connectivity index (χ3v) is 6.90. The number of carbonyl (C=O) groups is 1. The van der Waals surface area contributed by atoms with Gasteiger partial charge in [-0.1, -0.05) is 6.07 Å². The lowest BCUT2D eigenvalue weighted by atomic mass is 10.1. The number of thiazole rings is 1. The maximum absolute atomic E-state index is 13.1. The molecule has 2 aliphatic heterocycles. The molecular formula is C22H28N6O2S. The van der Waals surface area contributed by atoms with E-state index in [0.29, 0.717) is 12.2 Å². The minimum atomic E-state index is 0.0576. The van der Waals surface area contributed by atoms with E-state index in [4.69, 9.17) is 4.74 Å². The lowest BCUT2D eigenvalue weighted by Gasteiger charge is -2.34. The maximum Gasteiger partial charge on any atom is 0.274 e. The van der Waals surface area contributed by atoms with Crippen LogP contribution in [0, 0.1) is 0 Å². The minimum absolute atomic E-state index is 0.0576. The number of carbonyl (C=O) groups excluding carboxylic acids is 1. The molecule has 2 fully saturated rings. The van der Waals surface area contributed by atoms with E-state index >= 15 is 0 Å². The van der Waals surface area contributed by atoms with Crippen LogP contribution in [0.2, 0.25) is 0 Å². The van der Waals surface area contributed by atoms with Crippen molar-refractivity contribution in [3.63, 3.8) is 0 Å². The van der Waals surface area contributed by atoms with Crippen molar-refractivity contribution in [2.75, 3.05) is 45.9 Å². The molecule has 1 atom stereocenters. The predicted molar refractivity (Wildman–Crippen MR) is 119 cm³/mol. The highest BCUT2D eigenvalue weighted by Gasteiger charge is 2.27. The van der Waals surface area contributed by atoms with E-state index in [1.807, 2.05) is 34.9 Å². The fraction of sp³-hybridized carbons (Fsp3) is 0.500. The van der Waals surface area contributed by atoms with Gasteiger partial charge >= 0.3 is 0 Å². The Hall–Kier alpha value is -2.33. The fourth-order valence-corrected chi connectivity index (χ4v) is 5.22. The zero-order valence-corrected chi connectivity index (χ0v) is 18.4. The van der Waals surface area contributed by atoms with Crippen molar-refractivity contribution < 1.29 is 9.53 Å². The van der Waals surface area contributed by atoms with E-state index in [1.165, 1.54) is 5.56 Å². The van der Waals surface area contributed by atoms with E-state index < -0.39 is 0 Å². The van der Waals surface area contributed by atoms with Gasteiger partial charge in [0.05, 0.1) is 18.9 Å². The van der Waals surface area contributed by atoms with E-state index in [9.17, 15) is 4.79 Å². The van der Waals surface area contributed by atoms with E-state index in [2.05, 4.69) is 30.7 Å². The second kappa shape index (κ2) is 9.44. The molecule has 9 heteroatoms. The molecule has 0 unspecified atom stereocenters. The van der Waals surface area contributed by atoms with Crippen LogP contribution in [0.4, 0.5) is 0 Å². The molecule has 0 spiro atoms. The largest absolute Gasteiger partial charge is 0.379 e. The Morgan fingerprint density at radius 2 is 2.06 bits per heavy atom. The summed E-state index contributed by atoms with van der Waals surface area (Å²) in [6.07, 6.45) is 7.91. The van der Waals surface area contributed by atoms with Gasteiger partial charge in [0.15, 0.2) is 10.7 Å². The van der Waals surface area contributed by atoms with Gasteiger partial charge in [0.1, 0.15) is 0 Å². The third-order valence-electron chi connectivity index (χ3n) is 6.14. The van der Waals surface area contributed by atoms with Crippen LogP contribution in [0.5, 0.6) is 0 Å². The van der Waals surface area contributed by atoms with Crippen molar-refractivity contribution in [3.05, 3.63) is 53.1 Å². The number of imidazole rings is 1. The first kappa shape index (κ1) is 20.6. The summed E-state index contributed by atoms with van der Waals surface area (Å²) in [5.41, 5.74) is 2.73. The molecule has 164 valence electrons. The van der Waals surface area contributed by atoms with Crippen LogP contribution >= 0.6 is 11.3 Å². The van der Waals surface area contributed by atoms with Gasteiger partial charge in [-0.3, -0.25) is 19.1 Å². The molecule has 0 aliphatic carbocycles. The Bertz CT molecular complexity index is 1010. The first-order chi connectivity index (χ1) is 15.3. The molecule has 0 aromatic carbocycles. The van der Waals surface area contributed by atoms with Crippen LogP contribution in [-0.4, -0.2) is 76.0 Å². The van der Waals surface area contributed by atoms with Gasteiger partial charge in [0.25, 0.3) is 5.91 Å². The van der Waals surface area contributed by atoms with Crippen molar-refractivity contribution in [2.45, 2.75) is 25.4 Å². The number of nitrogens with one attached hydrogen (secondary N) is 1. The number of hydrogen-bond donors (Lipinski definition) is 1.